The molecule has 0 saturated heterocycles. The Kier molecular flexibility index (Phi) is 5.72. The first-order chi connectivity index (χ1) is 10.9. The number of ether oxygens (including phenoxy) is 1. The maximum absolute atomic E-state index is 12.5. The van der Waals surface area contributed by atoms with Crippen molar-refractivity contribution in [2.75, 3.05) is 7.05 Å². The highest BCUT2D eigenvalue weighted by Crippen LogP contribution is 2.23. The van der Waals surface area contributed by atoms with Gasteiger partial charge in [0.15, 0.2) is 5.76 Å². The van der Waals surface area contributed by atoms with E-state index in [0.717, 1.165) is 16.9 Å². The average Bonchev–Trinajstić information content (AvgIpc) is 2.89. The predicted octanol–water partition coefficient (Wildman–Crippen LogP) is 4.39. The number of halogens is 1. The van der Waals surface area contributed by atoms with Gasteiger partial charge in [0.05, 0.1) is 12.0 Å². The van der Waals surface area contributed by atoms with Crippen molar-refractivity contribution in [3.8, 4) is 5.75 Å². The summed E-state index contributed by atoms with van der Waals surface area (Å²) in [4.78, 5) is 14.1. The molecule has 1 amide bonds. The lowest BCUT2D eigenvalue weighted by Gasteiger charge is -2.19. The van der Waals surface area contributed by atoms with Crippen LogP contribution in [0.4, 0.5) is 0 Å². The van der Waals surface area contributed by atoms with Crippen LogP contribution < -0.4 is 4.74 Å². The molecule has 1 aromatic carbocycles. The molecule has 0 aliphatic heterocycles. The molecule has 23 heavy (non-hydrogen) atoms. The van der Waals surface area contributed by atoms with Gasteiger partial charge in [0.25, 0.3) is 5.91 Å². The summed E-state index contributed by atoms with van der Waals surface area (Å²) in [5, 5.41) is 0. The summed E-state index contributed by atoms with van der Waals surface area (Å²) < 4.78 is 11.3. The van der Waals surface area contributed by atoms with Crippen LogP contribution in [0.2, 0.25) is 0 Å². The molecule has 0 atom stereocenters. The number of amides is 1. The quantitative estimate of drug-likeness (QED) is 0.735. The minimum absolute atomic E-state index is 0.0798. The van der Waals surface area contributed by atoms with Gasteiger partial charge < -0.3 is 14.1 Å². The molecule has 5 heteroatoms. The Balaban J connectivity index is 2.15. The number of benzene rings is 1. The number of alkyl halides is 1. The highest BCUT2D eigenvalue weighted by Gasteiger charge is 2.19. The van der Waals surface area contributed by atoms with Gasteiger partial charge in [-0.25, -0.2) is 0 Å². The van der Waals surface area contributed by atoms with Crippen LogP contribution in [-0.2, 0) is 12.4 Å². The minimum atomic E-state index is -0.177. The van der Waals surface area contributed by atoms with Crippen molar-refractivity contribution in [2.24, 2.45) is 0 Å². The lowest BCUT2D eigenvalue weighted by molar-refractivity contribution is 0.0750. The highest BCUT2D eigenvalue weighted by atomic mass is 35.5. The molecule has 0 radical (unpaired) electrons. The Morgan fingerprint density at radius 2 is 2.00 bits per heavy atom. The maximum atomic E-state index is 12.5. The summed E-state index contributed by atoms with van der Waals surface area (Å²) in [6.07, 6.45) is 0.0798. The lowest BCUT2D eigenvalue weighted by atomic mass is 10.2. The molecule has 0 saturated carbocycles. The number of hydrogen-bond donors (Lipinski definition) is 0. The van der Waals surface area contributed by atoms with Gasteiger partial charge in [-0.2, -0.15) is 0 Å². The largest absolute Gasteiger partial charge is 0.491 e. The molecule has 0 N–H and O–H groups in total. The molecule has 2 aromatic rings. The van der Waals surface area contributed by atoms with E-state index in [0.29, 0.717) is 23.9 Å². The summed E-state index contributed by atoms with van der Waals surface area (Å²) in [5.74, 6) is 1.93. The van der Waals surface area contributed by atoms with Crippen LogP contribution in [0.15, 0.2) is 34.7 Å². The summed E-state index contributed by atoms with van der Waals surface area (Å²) >= 11 is 5.83. The summed E-state index contributed by atoms with van der Waals surface area (Å²) in [6, 6.07) is 9.43. The summed E-state index contributed by atoms with van der Waals surface area (Å²) in [7, 11) is 1.74. The Labute approximate surface area is 142 Å². The summed E-state index contributed by atoms with van der Waals surface area (Å²) in [6.45, 7) is 6.20. The van der Waals surface area contributed by atoms with Gasteiger partial charge in [-0.05, 0) is 32.9 Å². The van der Waals surface area contributed by atoms with Crippen LogP contribution in [0, 0.1) is 6.92 Å². The highest BCUT2D eigenvalue weighted by molar-refractivity contribution is 6.17. The van der Waals surface area contributed by atoms with Gasteiger partial charge in [-0.15, -0.1) is 11.6 Å². The third-order valence-corrected chi connectivity index (χ3v) is 3.75. The molecule has 0 bridgehead atoms. The molecule has 1 aromatic heterocycles. The Bertz CT molecular complexity index is 679. The third-order valence-electron chi connectivity index (χ3n) is 3.46. The zero-order chi connectivity index (χ0) is 17.0. The fraction of sp³-hybridized carbons (Fsp3) is 0.389. The molecule has 4 nitrogen and oxygen atoms in total. The van der Waals surface area contributed by atoms with Crippen LogP contribution in [-0.4, -0.2) is 24.0 Å². The van der Waals surface area contributed by atoms with Crippen molar-refractivity contribution in [3.05, 3.63) is 53.0 Å². The standard InChI is InChI=1S/C18H22ClNO3/c1-12(2)22-16-8-6-5-7-14(16)11-20(4)18(21)17-9-15(10-19)13(3)23-17/h5-9,12H,10-11H2,1-4H3. The van der Waals surface area contributed by atoms with E-state index in [1.165, 1.54) is 0 Å². The SMILES string of the molecule is Cc1oc(C(=O)N(C)Cc2ccccc2OC(C)C)cc1CCl. The van der Waals surface area contributed by atoms with Gasteiger partial charge >= 0.3 is 0 Å². The number of hydrogen-bond acceptors (Lipinski definition) is 3. The summed E-state index contributed by atoms with van der Waals surface area (Å²) in [5.41, 5.74) is 1.80. The van der Waals surface area contributed by atoms with E-state index in [-0.39, 0.29) is 12.0 Å². The van der Waals surface area contributed by atoms with Crippen molar-refractivity contribution in [1.29, 1.82) is 0 Å². The van der Waals surface area contributed by atoms with Crippen molar-refractivity contribution in [2.45, 2.75) is 39.3 Å². The number of rotatable bonds is 6. The zero-order valence-corrected chi connectivity index (χ0v) is 14.7. The van der Waals surface area contributed by atoms with E-state index < -0.39 is 0 Å². The number of carbonyl (C=O) groups excluding carboxylic acids is 1. The maximum Gasteiger partial charge on any atom is 0.289 e. The molecule has 0 spiro atoms. The van der Waals surface area contributed by atoms with Crippen LogP contribution in [0.1, 0.15) is 41.3 Å². The van der Waals surface area contributed by atoms with Crippen molar-refractivity contribution in [3.63, 3.8) is 0 Å². The van der Waals surface area contributed by atoms with Crippen LogP contribution in [0.5, 0.6) is 5.75 Å². The van der Waals surface area contributed by atoms with E-state index in [9.17, 15) is 4.79 Å². The second-order valence-corrected chi connectivity index (χ2v) is 6.03. The fourth-order valence-corrected chi connectivity index (χ4v) is 2.54. The molecule has 0 aliphatic carbocycles. The van der Waals surface area contributed by atoms with Crippen LogP contribution >= 0.6 is 11.6 Å². The number of furan rings is 1. The first-order valence-corrected chi connectivity index (χ1v) is 8.11. The normalized spacial score (nSPS) is 10.9. The van der Waals surface area contributed by atoms with E-state index >= 15 is 0 Å². The Hall–Kier alpha value is -1.94. The monoisotopic (exact) mass is 335 g/mol. The first kappa shape index (κ1) is 17.4. The van der Waals surface area contributed by atoms with E-state index in [1.54, 1.807) is 24.9 Å². The van der Waals surface area contributed by atoms with Gasteiger partial charge in [-0.1, -0.05) is 18.2 Å². The molecule has 2 rings (SSSR count). The second kappa shape index (κ2) is 7.55. The van der Waals surface area contributed by atoms with Crippen molar-refractivity contribution in [1.82, 2.24) is 4.90 Å². The Morgan fingerprint density at radius 1 is 1.30 bits per heavy atom. The van der Waals surface area contributed by atoms with Gasteiger partial charge in [0.2, 0.25) is 0 Å². The number of nitrogens with zero attached hydrogens (tertiary/aromatic N) is 1. The van der Waals surface area contributed by atoms with E-state index in [4.69, 9.17) is 20.8 Å². The van der Waals surface area contributed by atoms with E-state index in [1.807, 2.05) is 38.1 Å². The lowest BCUT2D eigenvalue weighted by Crippen LogP contribution is -2.26. The molecular weight excluding hydrogens is 314 g/mol. The molecule has 0 unspecified atom stereocenters. The van der Waals surface area contributed by atoms with Crippen molar-refractivity contribution >= 4 is 17.5 Å². The molecule has 1 heterocycles. The van der Waals surface area contributed by atoms with Gasteiger partial charge in [0, 0.05) is 24.7 Å². The van der Waals surface area contributed by atoms with Gasteiger partial charge in [-0.3, -0.25) is 4.79 Å². The smallest absolute Gasteiger partial charge is 0.289 e. The average molecular weight is 336 g/mol. The fourth-order valence-electron chi connectivity index (χ4n) is 2.28. The van der Waals surface area contributed by atoms with E-state index in [2.05, 4.69) is 0 Å². The minimum Gasteiger partial charge on any atom is -0.491 e. The van der Waals surface area contributed by atoms with Crippen molar-refractivity contribution < 1.29 is 13.9 Å². The van der Waals surface area contributed by atoms with Crippen LogP contribution in [0.3, 0.4) is 0 Å². The molecule has 0 aliphatic rings. The number of carbonyl (C=O) groups is 1. The molecular formula is C18H22ClNO3. The molecule has 124 valence electrons. The second-order valence-electron chi connectivity index (χ2n) is 5.76. The van der Waals surface area contributed by atoms with Gasteiger partial charge in [0.1, 0.15) is 11.5 Å². The molecule has 0 fully saturated rings. The number of para-hydroxylation sites is 1. The van der Waals surface area contributed by atoms with Crippen LogP contribution in [0.25, 0.3) is 0 Å². The number of aryl methyl sites for hydroxylation is 1. The first-order valence-electron chi connectivity index (χ1n) is 7.57. The third kappa shape index (κ3) is 4.29. The predicted molar refractivity (Wildman–Crippen MR) is 91.0 cm³/mol. The zero-order valence-electron chi connectivity index (χ0n) is 13.9. The topological polar surface area (TPSA) is 42.7 Å². The Morgan fingerprint density at radius 3 is 2.61 bits per heavy atom.